The van der Waals surface area contributed by atoms with Gasteiger partial charge in [0, 0.05) is 42.5 Å². The van der Waals surface area contributed by atoms with Crippen molar-refractivity contribution in [1.82, 2.24) is 44.9 Å². The van der Waals surface area contributed by atoms with Crippen LogP contribution in [0.5, 0.6) is 11.6 Å². The number of nitrogens with one attached hydrogen (secondary N) is 1. The SMILES string of the molecule is CC(Cn1cnnn1)Oc1cc(-c2cnc(Nc3cn(C4CCC(N5[C@@H]6CC[C@H]5COC6)CC4)nc3OCCCOC(F)(F)F)nc2)ccc1C#N. The predicted molar refractivity (Wildman–Crippen MR) is 178 cm³/mol. The number of anilines is 2. The average molecular weight is 724 g/mol. The molecule has 4 aromatic rings. The van der Waals surface area contributed by atoms with E-state index >= 15 is 0 Å². The highest BCUT2D eigenvalue weighted by Gasteiger charge is 2.42. The summed E-state index contributed by atoms with van der Waals surface area (Å²) >= 11 is 0. The van der Waals surface area contributed by atoms with Gasteiger partial charge >= 0.3 is 6.36 Å². The van der Waals surface area contributed by atoms with E-state index < -0.39 is 13.0 Å². The van der Waals surface area contributed by atoms with Gasteiger partial charge in [0.25, 0.3) is 5.88 Å². The Bertz CT molecular complexity index is 1790. The van der Waals surface area contributed by atoms with E-state index in [9.17, 15) is 18.4 Å². The molecule has 0 amide bonds. The first-order chi connectivity index (χ1) is 25.2. The van der Waals surface area contributed by atoms with Gasteiger partial charge in [0.1, 0.15) is 29.9 Å². The fourth-order valence-corrected chi connectivity index (χ4v) is 7.38. The second-order valence-electron chi connectivity index (χ2n) is 13.4. The van der Waals surface area contributed by atoms with Gasteiger partial charge in [-0.05, 0) is 73.6 Å². The zero-order valence-corrected chi connectivity index (χ0v) is 28.7. The first-order valence-corrected chi connectivity index (χ1v) is 17.5. The summed E-state index contributed by atoms with van der Waals surface area (Å²) in [5.74, 6) is 0.932. The number of nitriles is 1. The third-order valence-corrected chi connectivity index (χ3v) is 9.75. The molecule has 15 nitrogen and oxygen atoms in total. The van der Waals surface area contributed by atoms with Crippen molar-refractivity contribution in [3.63, 3.8) is 0 Å². The Balaban J connectivity index is 1.03. The van der Waals surface area contributed by atoms with Crippen molar-refractivity contribution in [3.8, 4) is 28.8 Å². The standard InChI is InChI=1S/C34H40F3N11O4/c1-22(17-46-21-41-44-45-46)52-31-13-23(3-4-24(31)14-38)25-15-39-33(40-16-25)42-30-18-47(43-32(30)50-11-2-12-51-34(35,36)37)26-5-7-27(8-6-26)48-28-9-10-29(48)20-49-19-28/h3-4,13,15-16,18,21-22,26-29H,2,5-12,17,19-20H2,1H3,(H,39,40,42)/t22?,26?,27?,28-,29+. The largest absolute Gasteiger partial charge is 0.522 e. The Morgan fingerprint density at radius 3 is 2.42 bits per heavy atom. The Hall–Kier alpha value is -4.86. The van der Waals surface area contributed by atoms with Crippen LogP contribution in [0.4, 0.5) is 24.8 Å². The Labute approximate surface area is 298 Å². The van der Waals surface area contributed by atoms with Crippen LogP contribution in [0.15, 0.2) is 43.1 Å². The summed E-state index contributed by atoms with van der Waals surface area (Å²) in [6.45, 7) is 3.33. The number of ether oxygens (including phenoxy) is 4. The van der Waals surface area contributed by atoms with Crippen molar-refractivity contribution < 1.29 is 32.1 Å². The maximum atomic E-state index is 12.5. The number of rotatable bonds is 14. The van der Waals surface area contributed by atoms with Crippen LogP contribution in [-0.2, 0) is 16.0 Å². The van der Waals surface area contributed by atoms with Gasteiger partial charge in [-0.15, -0.1) is 23.4 Å². The Morgan fingerprint density at radius 1 is 1.00 bits per heavy atom. The summed E-state index contributed by atoms with van der Waals surface area (Å²) < 4.78 is 62.5. The van der Waals surface area contributed by atoms with Crippen LogP contribution in [0.2, 0.25) is 0 Å². The van der Waals surface area contributed by atoms with E-state index in [2.05, 4.69) is 46.5 Å². The molecule has 3 atom stereocenters. The van der Waals surface area contributed by atoms with Gasteiger partial charge in [-0.25, -0.2) is 14.6 Å². The average Bonchev–Trinajstić information content (AvgIpc) is 3.86. The third kappa shape index (κ3) is 8.60. The number of benzene rings is 1. The normalized spacial score (nSPS) is 22.5. The van der Waals surface area contributed by atoms with Gasteiger partial charge in [0.05, 0.1) is 50.8 Å². The monoisotopic (exact) mass is 723 g/mol. The topological polar surface area (TPSA) is 163 Å². The highest BCUT2D eigenvalue weighted by Crippen LogP contribution is 2.39. The molecule has 52 heavy (non-hydrogen) atoms. The lowest BCUT2D eigenvalue weighted by atomic mass is 9.89. The molecule has 5 heterocycles. The van der Waals surface area contributed by atoms with Crippen LogP contribution in [-0.4, -0.2) is 102 Å². The molecule has 3 fully saturated rings. The smallest absolute Gasteiger partial charge is 0.487 e. The van der Waals surface area contributed by atoms with Gasteiger partial charge < -0.3 is 19.5 Å². The van der Waals surface area contributed by atoms with Crippen LogP contribution < -0.4 is 14.8 Å². The molecule has 276 valence electrons. The van der Waals surface area contributed by atoms with Crippen LogP contribution in [0.3, 0.4) is 0 Å². The minimum absolute atomic E-state index is 0.0223. The zero-order chi connectivity index (χ0) is 36.1. The summed E-state index contributed by atoms with van der Waals surface area (Å²) in [5.41, 5.74) is 2.32. The number of tetrazole rings is 1. The van der Waals surface area contributed by atoms with E-state index in [0.29, 0.717) is 47.2 Å². The number of hydrogen-bond acceptors (Lipinski definition) is 13. The second-order valence-corrected chi connectivity index (χ2v) is 13.4. The highest BCUT2D eigenvalue weighted by molar-refractivity contribution is 5.67. The molecule has 2 saturated heterocycles. The summed E-state index contributed by atoms with van der Waals surface area (Å²) in [6.07, 6.45) is 8.02. The third-order valence-electron chi connectivity index (χ3n) is 9.75. The van der Waals surface area contributed by atoms with E-state index in [4.69, 9.17) is 19.3 Å². The molecular formula is C34H40F3N11O4. The van der Waals surface area contributed by atoms with Crippen molar-refractivity contribution >= 4 is 11.6 Å². The van der Waals surface area contributed by atoms with Gasteiger partial charge in [0.2, 0.25) is 5.95 Å². The van der Waals surface area contributed by atoms with Crippen molar-refractivity contribution in [1.29, 1.82) is 5.26 Å². The Morgan fingerprint density at radius 2 is 1.73 bits per heavy atom. The van der Waals surface area contributed by atoms with Crippen molar-refractivity contribution in [2.45, 2.75) is 95.0 Å². The molecule has 3 aromatic heterocycles. The maximum absolute atomic E-state index is 12.5. The second kappa shape index (κ2) is 15.8. The first kappa shape index (κ1) is 35.5. The number of fused-ring (bicyclic) bond motifs is 2. The molecule has 18 heteroatoms. The van der Waals surface area contributed by atoms with Gasteiger partial charge in [-0.2, -0.15) is 5.26 Å². The zero-order valence-electron chi connectivity index (χ0n) is 28.7. The number of alkyl halides is 3. The lowest BCUT2D eigenvalue weighted by Crippen LogP contribution is -2.52. The van der Waals surface area contributed by atoms with E-state index in [-0.39, 0.29) is 37.0 Å². The molecule has 3 aliphatic rings. The molecule has 1 aliphatic carbocycles. The minimum Gasteiger partial charge on any atom is -0.487 e. The van der Waals surface area contributed by atoms with Crippen LogP contribution in [0, 0.1) is 11.3 Å². The summed E-state index contributed by atoms with van der Waals surface area (Å²) in [4.78, 5) is 11.7. The van der Waals surface area contributed by atoms with E-state index in [1.165, 1.54) is 19.2 Å². The van der Waals surface area contributed by atoms with Crippen LogP contribution >= 0.6 is 0 Å². The molecular weight excluding hydrogens is 683 g/mol. The minimum atomic E-state index is -4.70. The molecule has 0 radical (unpaired) electrons. The fraction of sp³-hybridized carbons (Fsp3) is 0.559. The molecule has 2 bridgehead atoms. The van der Waals surface area contributed by atoms with Gasteiger partial charge in [-0.3, -0.25) is 14.3 Å². The van der Waals surface area contributed by atoms with Gasteiger partial charge in [-0.1, -0.05) is 6.07 Å². The van der Waals surface area contributed by atoms with E-state index in [1.807, 2.05) is 17.8 Å². The summed E-state index contributed by atoms with van der Waals surface area (Å²) in [6, 6.07) is 9.09. The summed E-state index contributed by atoms with van der Waals surface area (Å²) in [7, 11) is 0. The number of nitrogens with zero attached hydrogens (tertiary/aromatic N) is 10. The quantitative estimate of drug-likeness (QED) is 0.172. The number of aromatic nitrogens is 8. The molecule has 1 unspecified atom stereocenters. The fourth-order valence-electron chi connectivity index (χ4n) is 7.38. The first-order valence-electron chi connectivity index (χ1n) is 17.5. The van der Waals surface area contributed by atoms with E-state index in [0.717, 1.165) is 44.5 Å². The highest BCUT2D eigenvalue weighted by atomic mass is 19.4. The number of halogens is 3. The lowest BCUT2D eigenvalue weighted by Gasteiger charge is -2.43. The van der Waals surface area contributed by atoms with Crippen molar-refractivity contribution in [2.24, 2.45) is 0 Å². The molecule has 7 rings (SSSR count). The van der Waals surface area contributed by atoms with Gasteiger partial charge in [0.15, 0.2) is 0 Å². The molecule has 1 saturated carbocycles. The lowest BCUT2D eigenvalue weighted by molar-refractivity contribution is -0.324. The number of morpholine rings is 1. The molecule has 1 N–H and O–H groups in total. The molecule has 2 aliphatic heterocycles. The van der Waals surface area contributed by atoms with Crippen LogP contribution in [0.25, 0.3) is 11.1 Å². The summed E-state index contributed by atoms with van der Waals surface area (Å²) in [5, 5.41) is 28.7. The molecule has 1 aromatic carbocycles. The molecule has 0 spiro atoms. The van der Waals surface area contributed by atoms with Crippen LogP contribution in [0.1, 0.15) is 63.5 Å². The van der Waals surface area contributed by atoms with Crippen molar-refractivity contribution in [3.05, 3.63) is 48.7 Å². The van der Waals surface area contributed by atoms with E-state index in [1.54, 1.807) is 35.3 Å². The van der Waals surface area contributed by atoms with Crippen molar-refractivity contribution in [2.75, 3.05) is 31.7 Å². The maximum Gasteiger partial charge on any atom is 0.522 e. The Kier molecular flexibility index (Phi) is 10.8. The number of hydrogen-bond donors (Lipinski definition) is 1. The predicted octanol–water partition coefficient (Wildman–Crippen LogP) is 5.06.